The Labute approximate surface area is 114 Å². The Bertz CT molecular complexity index is 760. The van der Waals surface area contributed by atoms with E-state index in [0.29, 0.717) is 5.15 Å². The average molecular weight is 272 g/mol. The number of pyridine rings is 1. The lowest BCUT2D eigenvalue weighted by Crippen LogP contribution is -2.04. The molecule has 2 aromatic heterocycles. The highest BCUT2D eigenvalue weighted by atomic mass is 35.5. The second kappa shape index (κ2) is 3.81. The van der Waals surface area contributed by atoms with E-state index in [2.05, 4.69) is 28.6 Å². The molecule has 18 heavy (non-hydrogen) atoms. The Hall–Kier alpha value is -1.38. The number of para-hydroxylation sites is 1. The molecule has 0 fully saturated rings. The van der Waals surface area contributed by atoms with Gasteiger partial charge in [0.25, 0.3) is 0 Å². The zero-order valence-electron chi connectivity index (χ0n) is 9.61. The standard InChI is InChI=1S/C15H10ClNS/c16-15-11-5-6-13-10(7-8-18-13)14(11)9-3-1-2-4-12(9)17-15/h1-4,7-8H,5-6H2. The van der Waals surface area contributed by atoms with Gasteiger partial charge in [0.05, 0.1) is 5.52 Å². The molecule has 1 aliphatic rings. The van der Waals surface area contributed by atoms with Gasteiger partial charge >= 0.3 is 0 Å². The van der Waals surface area contributed by atoms with Crippen LogP contribution in [-0.4, -0.2) is 4.98 Å². The van der Waals surface area contributed by atoms with Crippen LogP contribution in [0.1, 0.15) is 10.4 Å². The van der Waals surface area contributed by atoms with E-state index in [4.69, 9.17) is 11.6 Å². The second-order valence-electron chi connectivity index (χ2n) is 4.53. The van der Waals surface area contributed by atoms with Crippen LogP contribution in [0.25, 0.3) is 22.0 Å². The van der Waals surface area contributed by atoms with Crippen LogP contribution in [0, 0.1) is 0 Å². The zero-order chi connectivity index (χ0) is 12.1. The third-order valence-electron chi connectivity index (χ3n) is 3.56. The van der Waals surface area contributed by atoms with Crippen LogP contribution in [-0.2, 0) is 12.8 Å². The molecular formula is C15H10ClNS. The predicted octanol–water partition coefficient (Wildman–Crippen LogP) is 4.72. The fourth-order valence-electron chi connectivity index (χ4n) is 2.75. The summed E-state index contributed by atoms with van der Waals surface area (Å²) in [6.07, 6.45) is 2.08. The molecule has 0 amide bonds. The number of aromatic nitrogens is 1. The SMILES string of the molecule is Clc1nc2ccccc2c2c1CCc1sccc1-2. The van der Waals surface area contributed by atoms with Crippen molar-refractivity contribution in [3.63, 3.8) is 0 Å². The molecule has 3 aromatic rings. The van der Waals surface area contributed by atoms with Gasteiger partial charge in [0.2, 0.25) is 0 Å². The first-order valence-corrected chi connectivity index (χ1v) is 7.24. The van der Waals surface area contributed by atoms with Crippen LogP contribution in [0.15, 0.2) is 35.7 Å². The number of thiophene rings is 1. The molecule has 0 radical (unpaired) electrons. The van der Waals surface area contributed by atoms with Crippen LogP contribution in [0.5, 0.6) is 0 Å². The van der Waals surface area contributed by atoms with E-state index >= 15 is 0 Å². The molecule has 1 nitrogen and oxygen atoms in total. The van der Waals surface area contributed by atoms with E-state index in [0.717, 1.165) is 18.4 Å². The van der Waals surface area contributed by atoms with Gasteiger partial charge < -0.3 is 0 Å². The molecule has 0 N–H and O–H groups in total. The van der Waals surface area contributed by atoms with Crippen LogP contribution in [0.2, 0.25) is 5.15 Å². The first kappa shape index (κ1) is 10.5. The highest BCUT2D eigenvalue weighted by Crippen LogP contribution is 2.42. The molecule has 0 unspecified atom stereocenters. The van der Waals surface area contributed by atoms with Crippen LogP contribution in [0.3, 0.4) is 0 Å². The zero-order valence-corrected chi connectivity index (χ0v) is 11.2. The fourth-order valence-corrected chi connectivity index (χ4v) is 3.92. The fraction of sp³-hybridized carbons (Fsp3) is 0.133. The molecule has 0 aliphatic heterocycles. The minimum absolute atomic E-state index is 0.667. The quantitative estimate of drug-likeness (QED) is 0.539. The van der Waals surface area contributed by atoms with E-state index in [9.17, 15) is 0 Å². The topological polar surface area (TPSA) is 12.9 Å². The predicted molar refractivity (Wildman–Crippen MR) is 77.5 cm³/mol. The molecule has 4 rings (SSSR count). The number of rotatable bonds is 0. The normalized spacial score (nSPS) is 13.4. The molecule has 0 spiro atoms. The lowest BCUT2D eigenvalue weighted by atomic mass is 9.89. The first-order valence-electron chi connectivity index (χ1n) is 5.98. The van der Waals surface area contributed by atoms with Gasteiger partial charge in [-0.3, -0.25) is 0 Å². The second-order valence-corrected chi connectivity index (χ2v) is 5.89. The van der Waals surface area contributed by atoms with E-state index in [-0.39, 0.29) is 0 Å². The molecule has 1 aromatic carbocycles. The largest absolute Gasteiger partial charge is 0.236 e. The van der Waals surface area contributed by atoms with Gasteiger partial charge in [0.15, 0.2) is 0 Å². The Morgan fingerprint density at radius 2 is 2.00 bits per heavy atom. The van der Waals surface area contributed by atoms with E-state index < -0.39 is 0 Å². The van der Waals surface area contributed by atoms with Crippen molar-refractivity contribution in [2.75, 3.05) is 0 Å². The molecule has 88 valence electrons. The third kappa shape index (κ3) is 1.36. The molecule has 0 saturated heterocycles. The van der Waals surface area contributed by atoms with Gasteiger partial charge in [-0.15, -0.1) is 11.3 Å². The number of fused-ring (bicyclic) bond motifs is 5. The summed E-state index contributed by atoms with van der Waals surface area (Å²) in [4.78, 5) is 5.98. The maximum atomic E-state index is 6.35. The molecular weight excluding hydrogens is 262 g/mol. The summed E-state index contributed by atoms with van der Waals surface area (Å²) >= 11 is 8.19. The minimum atomic E-state index is 0.667. The minimum Gasteiger partial charge on any atom is -0.236 e. The molecule has 3 heteroatoms. The van der Waals surface area contributed by atoms with Gasteiger partial charge in [-0.1, -0.05) is 29.8 Å². The number of halogens is 1. The van der Waals surface area contributed by atoms with Crippen LogP contribution >= 0.6 is 22.9 Å². The first-order chi connectivity index (χ1) is 8.84. The average Bonchev–Trinajstić information content (AvgIpc) is 2.86. The lowest BCUT2D eigenvalue weighted by molar-refractivity contribution is 0.958. The Morgan fingerprint density at radius 1 is 1.11 bits per heavy atom. The van der Waals surface area contributed by atoms with Gasteiger partial charge in [0.1, 0.15) is 5.15 Å². The van der Waals surface area contributed by atoms with E-state index in [1.807, 2.05) is 23.5 Å². The Morgan fingerprint density at radius 3 is 2.94 bits per heavy atom. The van der Waals surface area contributed by atoms with Crippen molar-refractivity contribution in [1.82, 2.24) is 4.98 Å². The summed E-state index contributed by atoms with van der Waals surface area (Å²) in [6, 6.07) is 10.5. The molecule has 2 heterocycles. The summed E-state index contributed by atoms with van der Waals surface area (Å²) < 4.78 is 0. The number of aryl methyl sites for hydroxylation is 1. The maximum Gasteiger partial charge on any atom is 0.133 e. The van der Waals surface area contributed by atoms with Gasteiger partial charge in [-0.2, -0.15) is 0 Å². The van der Waals surface area contributed by atoms with Gasteiger partial charge in [0, 0.05) is 10.3 Å². The van der Waals surface area contributed by atoms with Gasteiger partial charge in [-0.25, -0.2) is 4.98 Å². The van der Waals surface area contributed by atoms with Crippen molar-refractivity contribution in [1.29, 1.82) is 0 Å². The van der Waals surface area contributed by atoms with Crippen LogP contribution in [0.4, 0.5) is 0 Å². The van der Waals surface area contributed by atoms with Crippen LogP contribution < -0.4 is 0 Å². The summed E-state index contributed by atoms with van der Waals surface area (Å²) in [5, 5.41) is 4.06. The summed E-state index contributed by atoms with van der Waals surface area (Å²) in [5.74, 6) is 0. The smallest absolute Gasteiger partial charge is 0.133 e. The van der Waals surface area contributed by atoms with E-state index in [1.54, 1.807) is 0 Å². The van der Waals surface area contributed by atoms with Crippen molar-refractivity contribution >= 4 is 33.8 Å². The summed E-state index contributed by atoms with van der Waals surface area (Å²) in [5.41, 5.74) is 4.84. The highest BCUT2D eigenvalue weighted by molar-refractivity contribution is 7.10. The number of hydrogen-bond acceptors (Lipinski definition) is 2. The summed E-state index contributed by atoms with van der Waals surface area (Å²) in [6.45, 7) is 0. The molecule has 0 atom stereocenters. The van der Waals surface area contributed by atoms with E-state index in [1.165, 1.54) is 27.0 Å². The van der Waals surface area contributed by atoms with Crippen molar-refractivity contribution in [3.05, 3.63) is 51.3 Å². The molecule has 0 saturated carbocycles. The monoisotopic (exact) mass is 271 g/mol. The Balaban J connectivity index is 2.20. The number of benzene rings is 1. The summed E-state index contributed by atoms with van der Waals surface area (Å²) in [7, 11) is 0. The Kier molecular flexibility index (Phi) is 2.23. The maximum absolute atomic E-state index is 6.35. The highest BCUT2D eigenvalue weighted by Gasteiger charge is 2.22. The van der Waals surface area contributed by atoms with Crippen molar-refractivity contribution in [3.8, 4) is 11.1 Å². The number of hydrogen-bond donors (Lipinski definition) is 0. The lowest BCUT2D eigenvalue weighted by Gasteiger charge is -2.19. The number of nitrogens with zero attached hydrogens (tertiary/aromatic N) is 1. The van der Waals surface area contributed by atoms with Crippen molar-refractivity contribution < 1.29 is 0 Å². The molecule has 0 bridgehead atoms. The van der Waals surface area contributed by atoms with Crippen molar-refractivity contribution in [2.24, 2.45) is 0 Å². The van der Waals surface area contributed by atoms with Gasteiger partial charge in [-0.05, 0) is 47.0 Å². The van der Waals surface area contributed by atoms with Crippen molar-refractivity contribution in [2.45, 2.75) is 12.8 Å². The molecule has 1 aliphatic carbocycles. The third-order valence-corrected chi connectivity index (χ3v) is 4.85.